The molecule has 2 nitrogen and oxygen atoms in total. The van der Waals surface area contributed by atoms with Crippen molar-refractivity contribution in [2.45, 2.75) is 32.6 Å². The van der Waals surface area contributed by atoms with Crippen LogP contribution in [0.25, 0.3) is 0 Å². The Hall–Kier alpha value is 0.270. The molecule has 3 heteroatoms. The van der Waals surface area contributed by atoms with Crippen LogP contribution >= 0.6 is 11.8 Å². The zero-order valence-electron chi connectivity index (χ0n) is 8.72. The van der Waals surface area contributed by atoms with Gasteiger partial charge in [-0.3, -0.25) is 0 Å². The van der Waals surface area contributed by atoms with Crippen LogP contribution in [0.2, 0.25) is 0 Å². The highest BCUT2D eigenvalue weighted by atomic mass is 32.2. The molecule has 13 heavy (non-hydrogen) atoms. The van der Waals surface area contributed by atoms with Gasteiger partial charge in [-0.25, -0.2) is 0 Å². The topological polar surface area (TPSA) is 32.3 Å². The van der Waals surface area contributed by atoms with Gasteiger partial charge in [0.15, 0.2) is 0 Å². The van der Waals surface area contributed by atoms with Gasteiger partial charge in [-0.15, -0.1) is 0 Å². The van der Waals surface area contributed by atoms with E-state index >= 15 is 0 Å². The molecular weight excluding hydrogens is 182 g/mol. The molecule has 0 fully saturated rings. The van der Waals surface area contributed by atoms with Crippen molar-refractivity contribution in [3.05, 3.63) is 0 Å². The van der Waals surface area contributed by atoms with Gasteiger partial charge < -0.3 is 10.4 Å². The number of thioether (sulfide) groups is 1. The van der Waals surface area contributed by atoms with Crippen LogP contribution < -0.4 is 5.32 Å². The molecule has 0 aromatic heterocycles. The Morgan fingerprint density at radius 2 is 1.85 bits per heavy atom. The van der Waals surface area contributed by atoms with Crippen LogP contribution in [0.15, 0.2) is 0 Å². The van der Waals surface area contributed by atoms with E-state index in [2.05, 4.69) is 12.2 Å². The molecule has 0 aliphatic heterocycles. The molecule has 0 aromatic rings. The van der Waals surface area contributed by atoms with Gasteiger partial charge in [0.05, 0.1) is 0 Å². The van der Waals surface area contributed by atoms with Crippen LogP contribution in [0.4, 0.5) is 0 Å². The molecule has 0 rings (SSSR count). The minimum Gasteiger partial charge on any atom is -0.396 e. The largest absolute Gasteiger partial charge is 0.396 e. The number of hydrogen-bond acceptors (Lipinski definition) is 3. The standard InChI is InChI=1S/C10H23NOS/c1-2-13-10-6-8-11-7-4-3-5-9-12/h11-12H,2-10H2,1H3. The molecule has 0 aliphatic rings. The zero-order chi connectivity index (χ0) is 9.78. The summed E-state index contributed by atoms with van der Waals surface area (Å²) < 4.78 is 0. The molecule has 0 amide bonds. The normalized spacial score (nSPS) is 10.6. The van der Waals surface area contributed by atoms with E-state index in [1.807, 2.05) is 11.8 Å². The number of nitrogens with one attached hydrogen (secondary N) is 1. The van der Waals surface area contributed by atoms with Crippen molar-refractivity contribution in [3.63, 3.8) is 0 Å². The third-order valence-electron chi connectivity index (χ3n) is 1.86. The molecule has 0 aromatic carbocycles. The number of aliphatic hydroxyl groups is 1. The first-order valence-corrected chi connectivity index (χ1v) is 6.46. The summed E-state index contributed by atoms with van der Waals surface area (Å²) in [6.45, 7) is 4.79. The molecule has 0 saturated heterocycles. The Bertz CT molecular complexity index is 81.0. The van der Waals surface area contributed by atoms with Gasteiger partial charge in [0.1, 0.15) is 0 Å². The molecular formula is C10H23NOS. The van der Waals surface area contributed by atoms with Crippen molar-refractivity contribution in [2.24, 2.45) is 0 Å². The van der Waals surface area contributed by atoms with Crippen LogP contribution in [0.5, 0.6) is 0 Å². The van der Waals surface area contributed by atoms with Crippen LogP contribution in [0, 0.1) is 0 Å². The maximum absolute atomic E-state index is 8.54. The Morgan fingerprint density at radius 3 is 2.54 bits per heavy atom. The quantitative estimate of drug-likeness (QED) is 0.534. The lowest BCUT2D eigenvalue weighted by atomic mass is 10.2. The van der Waals surface area contributed by atoms with E-state index in [-0.39, 0.29) is 0 Å². The molecule has 0 radical (unpaired) electrons. The third-order valence-corrected chi connectivity index (χ3v) is 2.84. The fourth-order valence-corrected chi connectivity index (χ4v) is 1.74. The lowest BCUT2D eigenvalue weighted by Crippen LogP contribution is -2.17. The fraction of sp³-hybridized carbons (Fsp3) is 1.00. The van der Waals surface area contributed by atoms with Crippen molar-refractivity contribution in [1.29, 1.82) is 0 Å². The summed E-state index contributed by atoms with van der Waals surface area (Å²) in [4.78, 5) is 0. The lowest BCUT2D eigenvalue weighted by Gasteiger charge is -2.03. The molecule has 80 valence electrons. The highest BCUT2D eigenvalue weighted by molar-refractivity contribution is 7.99. The van der Waals surface area contributed by atoms with Crippen molar-refractivity contribution in [2.75, 3.05) is 31.2 Å². The maximum atomic E-state index is 8.54. The molecule has 0 atom stereocenters. The van der Waals surface area contributed by atoms with Gasteiger partial charge in [-0.05, 0) is 50.3 Å². The van der Waals surface area contributed by atoms with E-state index in [1.165, 1.54) is 24.3 Å². The zero-order valence-corrected chi connectivity index (χ0v) is 9.54. The summed E-state index contributed by atoms with van der Waals surface area (Å²) in [7, 11) is 0. The monoisotopic (exact) mass is 205 g/mol. The molecule has 0 aliphatic carbocycles. The average Bonchev–Trinajstić information content (AvgIpc) is 2.16. The van der Waals surface area contributed by atoms with Crippen LogP contribution in [0.3, 0.4) is 0 Å². The minimum absolute atomic E-state index is 0.340. The summed E-state index contributed by atoms with van der Waals surface area (Å²) in [5.74, 6) is 2.51. The second-order valence-corrected chi connectivity index (χ2v) is 4.48. The minimum atomic E-state index is 0.340. The van der Waals surface area contributed by atoms with Gasteiger partial charge in [0.25, 0.3) is 0 Å². The fourth-order valence-electron chi connectivity index (χ4n) is 1.11. The first-order chi connectivity index (χ1) is 6.41. The Labute approximate surface area is 86.5 Å². The first kappa shape index (κ1) is 13.3. The number of unbranched alkanes of at least 4 members (excludes halogenated alkanes) is 2. The Balaban J connectivity index is 2.76. The second kappa shape index (κ2) is 12.3. The molecule has 0 heterocycles. The lowest BCUT2D eigenvalue weighted by molar-refractivity contribution is 0.283. The summed E-state index contributed by atoms with van der Waals surface area (Å²) in [5, 5.41) is 12.0. The predicted octanol–water partition coefficient (Wildman–Crippen LogP) is 1.88. The van der Waals surface area contributed by atoms with E-state index in [9.17, 15) is 0 Å². The van der Waals surface area contributed by atoms with Crippen LogP contribution in [-0.2, 0) is 0 Å². The molecule has 0 spiro atoms. The van der Waals surface area contributed by atoms with Gasteiger partial charge in [-0.1, -0.05) is 6.92 Å². The van der Waals surface area contributed by atoms with E-state index in [0.717, 1.165) is 25.9 Å². The highest BCUT2D eigenvalue weighted by Crippen LogP contribution is 1.99. The number of rotatable bonds is 10. The van der Waals surface area contributed by atoms with Gasteiger partial charge in [-0.2, -0.15) is 11.8 Å². The summed E-state index contributed by atoms with van der Waals surface area (Å²) >= 11 is 2.01. The molecule has 0 unspecified atom stereocenters. The average molecular weight is 205 g/mol. The predicted molar refractivity (Wildman–Crippen MR) is 61.4 cm³/mol. The van der Waals surface area contributed by atoms with Crippen LogP contribution in [0.1, 0.15) is 32.6 Å². The summed E-state index contributed by atoms with van der Waals surface area (Å²) in [6.07, 6.45) is 4.57. The van der Waals surface area contributed by atoms with E-state index < -0.39 is 0 Å². The summed E-state index contributed by atoms with van der Waals surface area (Å²) in [5.41, 5.74) is 0. The van der Waals surface area contributed by atoms with E-state index in [0.29, 0.717) is 6.61 Å². The molecule has 2 N–H and O–H groups in total. The third kappa shape index (κ3) is 12.3. The number of hydrogen-bond donors (Lipinski definition) is 2. The first-order valence-electron chi connectivity index (χ1n) is 5.31. The highest BCUT2D eigenvalue weighted by Gasteiger charge is 1.89. The van der Waals surface area contributed by atoms with Crippen molar-refractivity contribution < 1.29 is 5.11 Å². The van der Waals surface area contributed by atoms with Crippen molar-refractivity contribution in [3.8, 4) is 0 Å². The van der Waals surface area contributed by atoms with Gasteiger partial charge in [0, 0.05) is 6.61 Å². The molecule has 0 bridgehead atoms. The van der Waals surface area contributed by atoms with Crippen molar-refractivity contribution >= 4 is 11.8 Å². The number of aliphatic hydroxyl groups excluding tert-OH is 1. The van der Waals surface area contributed by atoms with E-state index in [4.69, 9.17) is 5.11 Å². The van der Waals surface area contributed by atoms with Crippen molar-refractivity contribution in [1.82, 2.24) is 5.32 Å². The smallest absolute Gasteiger partial charge is 0.0431 e. The van der Waals surface area contributed by atoms with Crippen LogP contribution in [-0.4, -0.2) is 36.3 Å². The SMILES string of the molecule is CCSCCCNCCCCCO. The molecule has 0 saturated carbocycles. The second-order valence-electron chi connectivity index (χ2n) is 3.08. The Kier molecular flexibility index (Phi) is 12.5. The van der Waals surface area contributed by atoms with Gasteiger partial charge in [0.2, 0.25) is 0 Å². The van der Waals surface area contributed by atoms with E-state index in [1.54, 1.807) is 0 Å². The maximum Gasteiger partial charge on any atom is 0.0431 e. The van der Waals surface area contributed by atoms with Gasteiger partial charge >= 0.3 is 0 Å². The summed E-state index contributed by atoms with van der Waals surface area (Å²) in [6, 6.07) is 0. The Morgan fingerprint density at radius 1 is 1.08 bits per heavy atom.